The van der Waals surface area contributed by atoms with Gasteiger partial charge >= 0.3 is 0 Å². The summed E-state index contributed by atoms with van der Waals surface area (Å²) in [5.41, 5.74) is 4.61. The normalized spacial score (nSPS) is 14.9. The summed E-state index contributed by atoms with van der Waals surface area (Å²) in [6.45, 7) is 1.07. The highest BCUT2D eigenvalue weighted by Gasteiger charge is 2.09. The number of fused-ring (bicyclic) bond motifs is 1. The van der Waals surface area contributed by atoms with Gasteiger partial charge in [-0.1, -0.05) is 6.07 Å². The zero-order chi connectivity index (χ0) is 11.4. The van der Waals surface area contributed by atoms with E-state index in [4.69, 9.17) is 5.41 Å². The quantitative estimate of drug-likeness (QED) is 0.677. The Morgan fingerprint density at radius 1 is 1.50 bits per heavy atom. The Morgan fingerprint density at radius 2 is 2.38 bits per heavy atom. The third-order valence-electron chi connectivity index (χ3n) is 2.83. The number of nitrogens with one attached hydrogen (secondary N) is 3. The van der Waals surface area contributed by atoms with Gasteiger partial charge in [0.15, 0.2) is 0 Å². The molecule has 84 valence electrons. The Labute approximate surface area is 96.1 Å². The van der Waals surface area contributed by atoms with Crippen LogP contribution in [0.15, 0.2) is 24.4 Å². The maximum atomic E-state index is 7.39. The van der Waals surface area contributed by atoms with Crippen LogP contribution in [0.1, 0.15) is 17.5 Å². The molecule has 16 heavy (non-hydrogen) atoms. The van der Waals surface area contributed by atoms with E-state index in [-0.39, 0.29) is 0 Å². The second kappa shape index (κ2) is 4.84. The summed E-state index contributed by atoms with van der Waals surface area (Å²) >= 11 is 0. The Hall–Kier alpha value is -1.77. The smallest absolute Gasteiger partial charge is 0.0373 e. The van der Waals surface area contributed by atoms with Crippen molar-refractivity contribution in [1.82, 2.24) is 5.32 Å². The monoisotopic (exact) mass is 215 g/mol. The molecular weight excluding hydrogens is 198 g/mol. The molecule has 0 atom stereocenters. The number of benzene rings is 1. The van der Waals surface area contributed by atoms with Gasteiger partial charge in [0.1, 0.15) is 0 Å². The number of hydrogen-bond acceptors (Lipinski definition) is 3. The van der Waals surface area contributed by atoms with E-state index in [0.717, 1.165) is 24.1 Å². The molecule has 1 aromatic rings. The summed E-state index contributed by atoms with van der Waals surface area (Å²) in [5.74, 6) is 0. The topological polar surface area (TPSA) is 47.9 Å². The van der Waals surface area contributed by atoms with Crippen molar-refractivity contribution in [2.24, 2.45) is 0 Å². The Bertz CT molecular complexity index is 421. The molecule has 0 bridgehead atoms. The van der Waals surface area contributed by atoms with E-state index < -0.39 is 0 Å². The average Bonchev–Trinajstić information content (AvgIpc) is 2.35. The summed E-state index contributed by atoms with van der Waals surface area (Å²) in [6.07, 6.45) is 5.55. The van der Waals surface area contributed by atoms with Crippen LogP contribution in [-0.4, -0.2) is 19.8 Å². The van der Waals surface area contributed by atoms with Gasteiger partial charge in [-0.2, -0.15) is 0 Å². The zero-order valence-electron chi connectivity index (χ0n) is 9.51. The van der Waals surface area contributed by atoms with Crippen molar-refractivity contribution in [2.45, 2.75) is 12.8 Å². The van der Waals surface area contributed by atoms with Crippen molar-refractivity contribution >= 4 is 17.5 Å². The van der Waals surface area contributed by atoms with E-state index in [1.165, 1.54) is 23.9 Å². The number of anilines is 1. The van der Waals surface area contributed by atoms with Crippen LogP contribution >= 0.6 is 0 Å². The molecule has 0 saturated heterocycles. The lowest BCUT2D eigenvalue weighted by Gasteiger charge is -2.18. The highest BCUT2D eigenvalue weighted by atomic mass is 14.9. The molecular formula is C13H17N3. The van der Waals surface area contributed by atoms with E-state index in [2.05, 4.69) is 28.8 Å². The van der Waals surface area contributed by atoms with Crippen molar-refractivity contribution in [2.75, 3.05) is 18.9 Å². The molecule has 1 aliphatic rings. The van der Waals surface area contributed by atoms with Gasteiger partial charge in [-0.3, -0.25) is 0 Å². The fourth-order valence-corrected chi connectivity index (χ4v) is 2.02. The summed E-state index contributed by atoms with van der Waals surface area (Å²) < 4.78 is 0. The Kier molecular flexibility index (Phi) is 3.25. The van der Waals surface area contributed by atoms with Crippen LogP contribution in [0.2, 0.25) is 0 Å². The molecule has 0 aromatic heterocycles. The molecule has 3 N–H and O–H groups in total. The molecule has 2 rings (SSSR count). The average molecular weight is 215 g/mol. The molecule has 1 aliphatic heterocycles. The first-order valence-corrected chi connectivity index (χ1v) is 5.60. The van der Waals surface area contributed by atoms with E-state index in [1.54, 1.807) is 0 Å². The van der Waals surface area contributed by atoms with Crippen molar-refractivity contribution in [1.29, 1.82) is 5.41 Å². The third-order valence-corrected chi connectivity index (χ3v) is 2.83. The summed E-state index contributed by atoms with van der Waals surface area (Å²) in [4.78, 5) is 0. The molecule has 0 fully saturated rings. The molecule has 0 spiro atoms. The molecule has 1 heterocycles. The minimum Gasteiger partial charge on any atom is -0.393 e. The van der Waals surface area contributed by atoms with Crippen molar-refractivity contribution in [3.63, 3.8) is 0 Å². The first kappa shape index (κ1) is 10.7. The van der Waals surface area contributed by atoms with Gasteiger partial charge in [0.25, 0.3) is 0 Å². The molecule has 0 radical (unpaired) electrons. The number of aryl methyl sites for hydroxylation is 1. The van der Waals surface area contributed by atoms with Gasteiger partial charge in [0.05, 0.1) is 0 Å². The third kappa shape index (κ3) is 2.08. The minimum atomic E-state index is 0.913. The SMILES string of the molecule is CN/C=C(\C=N)c1ccc2c(c1)CCCN2. The Balaban J connectivity index is 2.35. The minimum absolute atomic E-state index is 0.913. The van der Waals surface area contributed by atoms with Gasteiger partial charge < -0.3 is 16.0 Å². The molecule has 3 nitrogen and oxygen atoms in total. The lowest BCUT2D eigenvalue weighted by Crippen LogP contribution is -2.11. The van der Waals surface area contributed by atoms with E-state index >= 15 is 0 Å². The van der Waals surface area contributed by atoms with Crippen LogP contribution in [-0.2, 0) is 6.42 Å². The van der Waals surface area contributed by atoms with Crippen LogP contribution in [0, 0.1) is 5.41 Å². The van der Waals surface area contributed by atoms with Gasteiger partial charge in [0, 0.05) is 37.3 Å². The van der Waals surface area contributed by atoms with Gasteiger partial charge in [-0.15, -0.1) is 0 Å². The number of rotatable bonds is 3. The van der Waals surface area contributed by atoms with E-state index in [0.29, 0.717) is 0 Å². The number of allylic oxidation sites excluding steroid dienone is 1. The highest BCUT2D eigenvalue weighted by molar-refractivity contribution is 6.08. The standard InChI is InChI=1S/C13H17N3/c1-15-9-12(8-14)10-4-5-13-11(7-10)3-2-6-16-13/h4-5,7-9,14-16H,2-3,6H2,1H3/b12-9+,14-8?. The van der Waals surface area contributed by atoms with Crippen molar-refractivity contribution in [3.8, 4) is 0 Å². The van der Waals surface area contributed by atoms with Gasteiger partial charge in [0.2, 0.25) is 0 Å². The lowest BCUT2D eigenvalue weighted by atomic mass is 9.98. The second-order valence-corrected chi connectivity index (χ2v) is 3.93. The van der Waals surface area contributed by atoms with E-state index in [9.17, 15) is 0 Å². The second-order valence-electron chi connectivity index (χ2n) is 3.93. The molecule has 0 saturated carbocycles. The summed E-state index contributed by atoms with van der Waals surface area (Å²) in [6, 6.07) is 6.35. The van der Waals surface area contributed by atoms with Gasteiger partial charge in [-0.05, 0) is 36.1 Å². The number of hydrogen-bond donors (Lipinski definition) is 3. The van der Waals surface area contributed by atoms with Crippen LogP contribution in [0.3, 0.4) is 0 Å². The fourth-order valence-electron chi connectivity index (χ4n) is 2.02. The molecule has 3 heteroatoms. The first-order valence-electron chi connectivity index (χ1n) is 5.60. The van der Waals surface area contributed by atoms with Crippen LogP contribution in [0.4, 0.5) is 5.69 Å². The zero-order valence-corrected chi connectivity index (χ0v) is 9.51. The molecule has 0 aliphatic carbocycles. The molecule has 0 amide bonds. The summed E-state index contributed by atoms with van der Waals surface area (Å²) in [5, 5.41) is 13.7. The van der Waals surface area contributed by atoms with Crippen molar-refractivity contribution < 1.29 is 0 Å². The van der Waals surface area contributed by atoms with Gasteiger partial charge in [-0.25, -0.2) is 0 Å². The van der Waals surface area contributed by atoms with Crippen LogP contribution < -0.4 is 10.6 Å². The first-order chi connectivity index (χ1) is 7.85. The Morgan fingerprint density at radius 3 is 3.12 bits per heavy atom. The predicted molar refractivity (Wildman–Crippen MR) is 69.1 cm³/mol. The molecule has 0 unspecified atom stereocenters. The maximum Gasteiger partial charge on any atom is 0.0373 e. The lowest BCUT2D eigenvalue weighted by molar-refractivity contribution is 0.830. The van der Waals surface area contributed by atoms with Crippen molar-refractivity contribution in [3.05, 3.63) is 35.5 Å². The van der Waals surface area contributed by atoms with Crippen LogP contribution in [0.5, 0.6) is 0 Å². The largest absolute Gasteiger partial charge is 0.393 e. The predicted octanol–water partition coefficient (Wildman–Crippen LogP) is 2.25. The fraction of sp³-hybridized carbons (Fsp3) is 0.308. The highest BCUT2D eigenvalue weighted by Crippen LogP contribution is 2.25. The maximum absolute atomic E-state index is 7.39. The van der Waals surface area contributed by atoms with Crippen LogP contribution in [0.25, 0.3) is 5.57 Å². The van der Waals surface area contributed by atoms with E-state index in [1.807, 2.05) is 13.2 Å². The molecule has 1 aromatic carbocycles. The summed E-state index contributed by atoms with van der Waals surface area (Å²) in [7, 11) is 1.85.